The smallest absolute Gasteiger partial charge is 0.163 e. The van der Waals surface area contributed by atoms with Gasteiger partial charge in [-0.3, -0.25) is 0 Å². The highest BCUT2D eigenvalue weighted by Gasteiger charge is 2.39. The van der Waals surface area contributed by atoms with Crippen molar-refractivity contribution >= 4 is 0 Å². The SMILES string of the molecule is CC1(C)OC[C@H]2O[C@H]3CCCO[C@@H]3C/C=C\[C@@H]2O1. The summed E-state index contributed by atoms with van der Waals surface area (Å²) in [6, 6.07) is 0. The second-order valence-corrected chi connectivity index (χ2v) is 5.72. The molecule has 0 radical (unpaired) electrons. The minimum absolute atomic E-state index is 0.00312. The first kappa shape index (κ1) is 12.6. The molecule has 0 amide bonds. The molecule has 0 aromatic heterocycles. The average Bonchev–Trinajstić information content (AvgIpc) is 2.31. The Morgan fingerprint density at radius 1 is 1.17 bits per heavy atom. The van der Waals surface area contributed by atoms with Crippen LogP contribution in [0.25, 0.3) is 0 Å². The molecule has 3 aliphatic heterocycles. The Hall–Kier alpha value is -0.420. The Morgan fingerprint density at radius 2 is 2.06 bits per heavy atom. The fourth-order valence-corrected chi connectivity index (χ4v) is 2.85. The summed E-state index contributed by atoms with van der Waals surface area (Å²) in [5, 5.41) is 0. The number of fused-ring (bicyclic) bond motifs is 2. The Morgan fingerprint density at radius 3 is 2.94 bits per heavy atom. The summed E-state index contributed by atoms with van der Waals surface area (Å²) in [5.41, 5.74) is 0. The van der Waals surface area contributed by atoms with Crippen molar-refractivity contribution in [3.8, 4) is 0 Å². The van der Waals surface area contributed by atoms with Crippen LogP contribution in [-0.4, -0.2) is 43.4 Å². The van der Waals surface area contributed by atoms with Crippen LogP contribution in [0.1, 0.15) is 33.1 Å². The van der Waals surface area contributed by atoms with Crippen LogP contribution in [0.5, 0.6) is 0 Å². The van der Waals surface area contributed by atoms with Crippen molar-refractivity contribution in [3.63, 3.8) is 0 Å². The minimum atomic E-state index is -0.517. The number of ether oxygens (including phenoxy) is 4. The predicted octanol–water partition coefficient (Wildman–Crippen LogP) is 2.03. The zero-order chi connectivity index (χ0) is 12.6. The summed E-state index contributed by atoms with van der Waals surface area (Å²) in [5.74, 6) is -0.517. The molecule has 2 saturated heterocycles. The lowest BCUT2D eigenvalue weighted by Gasteiger charge is -2.43. The molecule has 0 N–H and O–H groups in total. The van der Waals surface area contributed by atoms with Gasteiger partial charge in [0, 0.05) is 6.61 Å². The first-order valence-corrected chi connectivity index (χ1v) is 6.89. The van der Waals surface area contributed by atoms with E-state index in [4.69, 9.17) is 18.9 Å². The maximum Gasteiger partial charge on any atom is 0.163 e. The van der Waals surface area contributed by atoms with Gasteiger partial charge in [0.1, 0.15) is 12.2 Å². The molecular formula is C14H22O4. The van der Waals surface area contributed by atoms with Gasteiger partial charge >= 0.3 is 0 Å². The van der Waals surface area contributed by atoms with Crippen molar-refractivity contribution < 1.29 is 18.9 Å². The van der Waals surface area contributed by atoms with Crippen LogP contribution < -0.4 is 0 Å². The van der Waals surface area contributed by atoms with Crippen molar-refractivity contribution in [2.45, 2.75) is 63.3 Å². The number of hydrogen-bond donors (Lipinski definition) is 0. The molecule has 4 atom stereocenters. The zero-order valence-corrected chi connectivity index (χ0v) is 11.1. The summed E-state index contributed by atoms with van der Waals surface area (Å²) >= 11 is 0. The maximum atomic E-state index is 6.17. The molecule has 0 spiro atoms. The summed E-state index contributed by atoms with van der Waals surface area (Å²) in [6.07, 6.45) is 7.71. The molecule has 0 aliphatic carbocycles. The monoisotopic (exact) mass is 254 g/mol. The molecule has 3 rings (SSSR count). The van der Waals surface area contributed by atoms with Gasteiger partial charge in [-0.25, -0.2) is 0 Å². The van der Waals surface area contributed by atoms with Crippen molar-refractivity contribution in [3.05, 3.63) is 12.2 Å². The Balaban J connectivity index is 1.74. The third-order valence-corrected chi connectivity index (χ3v) is 3.80. The summed E-state index contributed by atoms with van der Waals surface area (Å²) < 4.78 is 23.6. The van der Waals surface area contributed by atoms with E-state index in [0.29, 0.717) is 6.61 Å². The van der Waals surface area contributed by atoms with E-state index in [9.17, 15) is 0 Å². The molecular weight excluding hydrogens is 232 g/mol. The summed E-state index contributed by atoms with van der Waals surface area (Å²) in [4.78, 5) is 0. The van der Waals surface area contributed by atoms with Crippen LogP contribution in [0.3, 0.4) is 0 Å². The molecule has 0 aromatic carbocycles. The first-order valence-electron chi connectivity index (χ1n) is 6.89. The summed E-state index contributed by atoms with van der Waals surface area (Å²) in [6.45, 7) is 5.34. The number of hydrogen-bond acceptors (Lipinski definition) is 4. The molecule has 0 unspecified atom stereocenters. The lowest BCUT2D eigenvalue weighted by Crippen LogP contribution is -2.52. The fourth-order valence-electron chi connectivity index (χ4n) is 2.85. The molecule has 3 heterocycles. The Bertz CT molecular complexity index is 326. The second kappa shape index (κ2) is 4.93. The van der Waals surface area contributed by atoms with Crippen LogP contribution in [0.2, 0.25) is 0 Å². The van der Waals surface area contributed by atoms with E-state index >= 15 is 0 Å². The van der Waals surface area contributed by atoms with Crippen LogP contribution in [0.15, 0.2) is 12.2 Å². The van der Waals surface area contributed by atoms with E-state index < -0.39 is 5.79 Å². The zero-order valence-electron chi connectivity index (χ0n) is 11.1. The van der Waals surface area contributed by atoms with E-state index in [-0.39, 0.29) is 24.4 Å². The highest BCUT2D eigenvalue weighted by Crippen LogP contribution is 2.30. The van der Waals surface area contributed by atoms with Crippen LogP contribution >= 0.6 is 0 Å². The molecule has 0 bridgehead atoms. The molecule has 4 heteroatoms. The quantitative estimate of drug-likeness (QED) is 0.620. The van der Waals surface area contributed by atoms with Gasteiger partial charge in [-0.1, -0.05) is 12.2 Å². The van der Waals surface area contributed by atoms with Gasteiger partial charge in [-0.05, 0) is 33.1 Å². The van der Waals surface area contributed by atoms with Gasteiger partial charge < -0.3 is 18.9 Å². The van der Waals surface area contributed by atoms with Gasteiger partial charge in [0.25, 0.3) is 0 Å². The van der Waals surface area contributed by atoms with Crippen molar-refractivity contribution in [2.75, 3.05) is 13.2 Å². The standard InChI is InChI=1S/C14H22O4/c1-14(2)16-9-13-12(18-14)6-3-5-10-11(17-13)7-4-8-15-10/h3,6,10-13H,4-5,7-9H2,1-2H3/b6-3-/t10-,11+,12+,13-/m1/s1. The van der Waals surface area contributed by atoms with Gasteiger partial charge in [0.05, 0.1) is 18.8 Å². The van der Waals surface area contributed by atoms with E-state index in [1.807, 2.05) is 13.8 Å². The minimum Gasteiger partial charge on any atom is -0.375 e. The summed E-state index contributed by atoms with van der Waals surface area (Å²) in [7, 11) is 0. The largest absolute Gasteiger partial charge is 0.375 e. The van der Waals surface area contributed by atoms with Crippen LogP contribution in [-0.2, 0) is 18.9 Å². The van der Waals surface area contributed by atoms with Crippen molar-refractivity contribution in [1.82, 2.24) is 0 Å². The molecule has 0 saturated carbocycles. The fraction of sp³-hybridized carbons (Fsp3) is 0.857. The third-order valence-electron chi connectivity index (χ3n) is 3.80. The van der Waals surface area contributed by atoms with Gasteiger partial charge in [-0.15, -0.1) is 0 Å². The molecule has 4 nitrogen and oxygen atoms in total. The normalized spacial score (nSPS) is 45.2. The van der Waals surface area contributed by atoms with E-state index in [2.05, 4.69) is 12.2 Å². The molecule has 0 aromatic rings. The third kappa shape index (κ3) is 2.62. The van der Waals surface area contributed by atoms with Crippen molar-refractivity contribution in [1.29, 1.82) is 0 Å². The van der Waals surface area contributed by atoms with Gasteiger partial charge in [0.15, 0.2) is 5.79 Å². The van der Waals surface area contributed by atoms with Crippen LogP contribution in [0.4, 0.5) is 0 Å². The van der Waals surface area contributed by atoms with E-state index in [0.717, 1.165) is 25.9 Å². The van der Waals surface area contributed by atoms with Crippen LogP contribution in [0, 0.1) is 0 Å². The highest BCUT2D eigenvalue weighted by atomic mass is 16.7. The molecule has 18 heavy (non-hydrogen) atoms. The lowest BCUT2D eigenvalue weighted by molar-refractivity contribution is -0.310. The van der Waals surface area contributed by atoms with Gasteiger partial charge in [0.2, 0.25) is 0 Å². The Kier molecular flexibility index (Phi) is 3.45. The second-order valence-electron chi connectivity index (χ2n) is 5.72. The topological polar surface area (TPSA) is 36.9 Å². The average molecular weight is 254 g/mol. The lowest BCUT2D eigenvalue weighted by atomic mass is 9.99. The predicted molar refractivity (Wildman–Crippen MR) is 66.3 cm³/mol. The van der Waals surface area contributed by atoms with E-state index in [1.165, 1.54) is 0 Å². The number of rotatable bonds is 0. The Labute approximate surface area is 108 Å². The first-order chi connectivity index (χ1) is 8.64. The van der Waals surface area contributed by atoms with E-state index in [1.54, 1.807) is 0 Å². The molecule has 3 aliphatic rings. The molecule has 102 valence electrons. The molecule has 2 fully saturated rings. The van der Waals surface area contributed by atoms with Gasteiger partial charge in [-0.2, -0.15) is 0 Å². The van der Waals surface area contributed by atoms with Crippen molar-refractivity contribution in [2.24, 2.45) is 0 Å². The maximum absolute atomic E-state index is 6.17. The highest BCUT2D eigenvalue weighted by molar-refractivity contribution is 5.01.